The molecule has 0 atom stereocenters. The van der Waals surface area contributed by atoms with Crippen LogP contribution in [0.1, 0.15) is 41.0 Å². The average molecular weight is 200 g/mol. The van der Waals surface area contributed by atoms with Crippen molar-refractivity contribution >= 4 is 5.97 Å². The highest BCUT2D eigenvalue weighted by atomic mass is 16.5. The van der Waals surface area contributed by atoms with Gasteiger partial charge in [0.2, 0.25) is 0 Å². The van der Waals surface area contributed by atoms with E-state index in [0.717, 1.165) is 6.42 Å². The van der Waals surface area contributed by atoms with Gasteiger partial charge in [0.15, 0.2) is 0 Å². The van der Waals surface area contributed by atoms with Crippen molar-refractivity contribution < 1.29 is 14.3 Å². The molecular formula is C11H20O3. The van der Waals surface area contributed by atoms with Crippen LogP contribution in [-0.2, 0) is 14.3 Å². The minimum Gasteiger partial charge on any atom is -0.495 e. The summed E-state index contributed by atoms with van der Waals surface area (Å²) in [5.74, 6) is -0.309. The molecule has 0 heterocycles. The number of carbonyl (C=O) groups excluding carboxylic acids is 1. The van der Waals surface area contributed by atoms with Crippen molar-refractivity contribution in [2.75, 3.05) is 6.61 Å². The SMILES string of the molecule is CCCOC(=O)C(C)=COC(C)(C)C. The summed E-state index contributed by atoms with van der Waals surface area (Å²) in [6.45, 7) is 9.87. The minimum atomic E-state index is -0.309. The van der Waals surface area contributed by atoms with Crippen LogP contribution >= 0.6 is 0 Å². The van der Waals surface area contributed by atoms with Gasteiger partial charge in [0.1, 0.15) is 0 Å². The van der Waals surface area contributed by atoms with Crippen molar-refractivity contribution in [3.63, 3.8) is 0 Å². The van der Waals surface area contributed by atoms with E-state index in [9.17, 15) is 4.79 Å². The fraction of sp³-hybridized carbons (Fsp3) is 0.727. The minimum absolute atomic E-state index is 0.272. The Morgan fingerprint density at radius 3 is 2.36 bits per heavy atom. The van der Waals surface area contributed by atoms with Crippen LogP contribution in [0.15, 0.2) is 11.8 Å². The lowest BCUT2D eigenvalue weighted by molar-refractivity contribution is -0.139. The molecule has 14 heavy (non-hydrogen) atoms. The molecular weight excluding hydrogens is 180 g/mol. The number of hydrogen-bond donors (Lipinski definition) is 0. The molecule has 0 aliphatic heterocycles. The Bertz CT molecular complexity index is 211. The summed E-state index contributed by atoms with van der Waals surface area (Å²) in [5, 5.41) is 0. The summed E-state index contributed by atoms with van der Waals surface area (Å²) < 4.78 is 10.3. The van der Waals surface area contributed by atoms with Crippen molar-refractivity contribution in [1.82, 2.24) is 0 Å². The van der Waals surface area contributed by atoms with E-state index in [1.807, 2.05) is 27.7 Å². The van der Waals surface area contributed by atoms with Crippen LogP contribution in [0.3, 0.4) is 0 Å². The molecule has 0 spiro atoms. The average Bonchev–Trinajstić information content (AvgIpc) is 2.09. The molecule has 3 nitrogen and oxygen atoms in total. The van der Waals surface area contributed by atoms with Gasteiger partial charge < -0.3 is 9.47 Å². The molecule has 0 aliphatic rings. The lowest BCUT2D eigenvalue weighted by Gasteiger charge is -2.18. The fourth-order valence-electron chi connectivity index (χ4n) is 0.622. The monoisotopic (exact) mass is 200 g/mol. The first-order chi connectivity index (χ1) is 6.37. The predicted octanol–water partition coefficient (Wildman–Crippen LogP) is 2.66. The molecule has 0 rings (SSSR count). The largest absolute Gasteiger partial charge is 0.495 e. The zero-order valence-electron chi connectivity index (χ0n) is 9.72. The van der Waals surface area contributed by atoms with E-state index in [0.29, 0.717) is 12.2 Å². The molecule has 0 N–H and O–H groups in total. The Hall–Kier alpha value is -0.990. The lowest BCUT2D eigenvalue weighted by atomic mass is 10.2. The molecule has 0 bridgehead atoms. The molecule has 0 aromatic rings. The highest BCUT2D eigenvalue weighted by Crippen LogP contribution is 2.09. The van der Waals surface area contributed by atoms with Crippen LogP contribution in [0, 0.1) is 0 Å². The molecule has 0 fully saturated rings. The number of ether oxygens (including phenoxy) is 2. The molecule has 0 radical (unpaired) electrons. The van der Waals surface area contributed by atoms with Crippen molar-refractivity contribution in [1.29, 1.82) is 0 Å². The van der Waals surface area contributed by atoms with E-state index in [4.69, 9.17) is 9.47 Å². The van der Waals surface area contributed by atoms with Crippen molar-refractivity contribution in [2.45, 2.75) is 46.6 Å². The maximum Gasteiger partial charge on any atom is 0.336 e. The first kappa shape index (κ1) is 13.0. The summed E-state index contributed by atoms with van der Waals surface area (Å²) in [5.41, 5.74) is 0.222. The van der Waals surface area contributed by atoms with Gasteiger partial charge in [-0.25, -0.2) is 4.79 Å². The second-order valence-electron chi connectivity index (χ2n) is 4.17. The third-order valence-electron chi connectivity index (χ3n) is 1.35. The maximum atomic E-state index is 11.2. The van der Waals surface area contributed by atoms with Crippen LogP contribution in [-0.4, -0.2) is 18.2 Å². The molecule has 0 amide bonds. The topological polar surface area (TPSA) is 35.5 Å². The Labute approximate surface area is 86.1 Å². The highest BCUT2D eigenvalue weighted by molar-refractivity contribution is 5.87. The van der Waals surface area contributed by atoms with Gasteiger partial charge in [0, 0.05) is 0 Å². The number of carbonyl (C=O) groups is 1. The van der Waals surface area contributed by atoms with Gasteiger partial charge in [0.05, 0.1) is 24.0 Å². The van der Waals surface area contributed by atoms with Crippen LogP contribution in [0.4, 0.5) is 0 Å². The first-order valence-electron chi connectivity index (χ1n) is 4.88. The van der Waals surface area contributed by atoms with E-state index >= 15 is 0 Å². The fourth-order valence-corrected chi connectivity index (χ4v) is 0.622. The summed E-state index contributed by atoms with van der Waals surface area (Å²) in [7, 11) is 0. The quantitative estimate of drug-likeness (QED) is 0.397. The maximum absolute atomic E-state index is 11.2. The van der Waals surface area contributed by atoms with Gasteiger partial charge in [-0.05, 0) is 34.1 Å². The molecule has 0 saturated carbocycles. The molecule has 3 heteroatoms. The van der Waals surface area contributed by atoms with Crippen LogP contribution in [0.5, 0.6) is 0 Å². The van der Waals surface area contributed by atoms with Crippen LogP contribution in [0.2, 0.25) is 0 Å². The Kier molecular flexibility index (Phi) is 5.28. The van der Waals surface area contributed by atoms with E-state index in [-0.39, 0.29) is 11.6 Å². The van der Waals surface area contributed by atoms with Crippen LogP contribution < -0.4 is 0 Å². The Balaban J connectivity index is 4.04. The molecule has 0 unspecified atom stereocenters. The van der Waals surface area contributed by atoms with Crippen LogP contribution in [0.25, 0.3) is 0 Å². The number of hydrogen-bond acceptors (Lipinski definition) is 3. The van der Waals surface area contributed by atoms with E-state index in [1.54, 1.807) is 6.92 Å². The second kappa shape index (κ2) is 5.68. The molecule has 0 saturated heterocycles. The lowest BCUT2D eigenvalue weighted by Crippen LogP contribution is -2.16. The van der Waals surface area contributed by atoms with Crippen molar-refractivity contribution in [3.05, 3.63) is 11.8 Å². The zero-order valence-corrected chi connectivity index (χ0v) is 9.72. The normalized spacial score (nSPS) is 12.5. The van der Waals surface area contributed by atoms with Crippen molar-refractivity contribution in [2.24, 2.45) is 0 Å². The van der Waals surface area contributed by atoms with Crippen molar-refractivity contribution in [3.8, 4) is 0 Å². The van der Waals surface area contributed by atoms with E-state index in [1.165, 1.54) is 6.26 Å². The molecule has 82 valence electrons. The third-order valence-corrected chi connectivity index (χ3v) is 1.35. The van der Waals surface area contributed by atoms with Gasteiger partial charge in [-0.15, -0.1) is 0 Å². The molecule has 0 aromatic heterocycles. The predicted molar refractivity (Wildman–Crippen MR) is 55.8 cm³/mol. The first-order valence-corrected chi connectivity index (χ1v) is 4.88. The van der Waals surface area contributed by atoms with Gasteiger partial charge in [-0.2, -0.15) is 0 Å². The van der Waals surface area contributed by atoms with Gasteiger partial charge in [-0.1, -0.05) is 6.92 Å². The number of esters is 1. The Morgan fingerprint density at radius 1 is 1.36 bits per heavy atom. The summed E-state index contributed by atoms with van der Waals surface area (Å²) in [6, 6.07) is 0. The highest BCUT2D eigenvalue weighted by Gasteiger charge is 2.11. The van der Waals surface area contributed by atoms with E-state index in [2.05, 4.69) is 0 Å². The number of rotatable bonds is 4. The third kappa shape index (κ3) is 6.52. The summed E-state index contributed by atoms with van der Waals surface area (Å²) in [6.07, 6.45) is 2.29. The molecule has 0 aliphatic carbocycles. The van der Waals surface area contributed by atoms with Gasteiger partial charge >= 0.3 is 5.97 Å². The smallest absolute Gasteiger partial charge is 0.336 e. The molecule has 0 aromatic carbocycles. The van der Waals surface area contributed by atoms with Gasteiger partial charge in [-0.3, -0.25) is 0 Å². The van der Waals surface area contributed by atoms with E-state index < -0.39 is 0 Å². The Morgan fingerprint density at radius 2 is 1.93 bits per heavy atom. The second-order valence-corrected chi connectivity index (χ2v) is 4.17. The zero-order chi connectivity index (χ0) is 11.2. The summed E-state index contributed by atoms with van der Waals surface area (Å²) in [4.78, 5) is 11.2. The summed E-state index contributed by atoms with van der Waals surface area (Å²) >= 11 is 0. The standard InChI is InChI=1S/C11H20O3/c1-6-7-13-10(12)9(2)8-14-11(3,4)5/h8H,6-7H2,1-5H3. The van der Waals surface area contributed by atoms with Gasteiger partial charge in [0.25, 0.3) is 0 Å².